The lowest BCUT2D eigenvalue weighted by Crippen LogP contribution is -1.96. The number of para-hydroxylation sites is 3. The van der Waals surface area contributed by atoms with Crippen molar-refractivity contribution < 1.29 is 4.74 Å². The van der Waals surface area contributed by atoms with E-state index in [1.165, 1.54) is 38.5 Å². The van der Waals surface area contributed by atoms with Gasteiger partial charge >= 0.3 is 0 Å². The second kappa shape index (κ2) is 12.0. The normalized spacial score (nSPS) is 10.1. The number of unbranched alkanes of at least 4 members (excludes halogenated alkanes) is 5. The largest absolute Gasteiger partial charge is 0.494 e. The Morgan fingerprint density at radius 2 is 1.24 bits per heavy atom. The zero-order valence-electron chi connectivity index (χ0n) is 15.1. The third-order valence-corrected chi connectivity index (χ3v) is 3.89. The zero-order valence-corrected chi connectivity index (χ0v) is 15.1. The van der Waals surface area contributed by atoms with Crippen LogP contribution in [0.4, 0.5) is 0 Å². The van der Waals surface area contributed by atoms with Gasteiger partial charge in [-0.1, -0.05) is 69.4 Å². The van der Waals surface area contributed by atoms with Gasteiger partial charge in [0.2, 0.25) is 0 Å². The molecule has 1 heterocycles. The molecule has 25 heavy (non-hydrogen) atoms. The molecule has 0 aliphatic heterocycles. The van der Waals surface area contributed by atoms with Gasteiger partial charge in [-0.2, -0.15) is 0 Å². The SMILES string of the molecule is CCCCCCCCOc1ccccc1.c1ccc2nccnc2c1. The molecule has 0 saturated carbocycles. The van der Waals surface area contributed by atoms with E-state index in [9.17, 15) is 0 Å². The van der Waals surface area contributed by atoms with Crippen molar-refractivity contribution in [2.45, 2.75) is 45.4 Å². The quantitative estimate of drug-likeness (QED) is 0.469. The van der Waals surface area contributed by atoms with Crippen molar-refractivity contribution in [3.8, 4) is 5.75 Å². The Bertz CT molecular complexity index is 635. The summed E-state index contributed by atoms with van der Waals surface area (Å²) in [7, 11) is 0. The minimum Gasteiger partial charge on any atom is -0.494 e. The van der Waals surface area contributed by atoms with Gasteiger partial charge in [0.25, 0.3) is 0 Å². The maximum absolute atomic E-state index is 5.61. The number of benzene rings is 2. The van der Waals surface area contributed by atoms with Crippen molar-refractivity contribution in [3.63, 3.8) is 0 Å². The number of hydrogen-bond donors (Lipinski definition) is 0. The van der Waals surface area contributed by atoms with Crippen LogP contribution < -0.4 is 4.74 Å². The fourth-order valence-corrected chi connectivity index (χ4v) is 2.50. The van der Waals surface area contributed by atoms with Gasteiger partial charge in [0.15, 0.2) is 0 Å². The maximum atomic E-state index is 5.61. The van der Waals surface area contributed by atoms with E-state index in [-0.39, 0.29) is 0 Å². The van der Waals surface area contributed by atoms with Crippen LogP contribution in [-0.4, -0.2) is 16.6 Å². The van der Waals surface area contributed by atoms with Crippen molar-refractivity contribution in [3.05, 3.63) is 67.0 Å². The Kier molecular flexibility index (Phi) is 9.09. The number of hydrogen-bond acceptors (Lipinski definition) is 3. The Balaban J connectivity index is 0.000000194. The summed E-state index contributed by atoms with van der Waals surface area (Å²) in [4.78, 5) is 8.24. The molecule has 0 atom stereocenters. The van der Waals surface area contributed by atoms with E-state index in [2.05, 4.69) is 16.9 Å². The highest BCUT2D eigenvalue weighted by atomic mass is 16.5. The molecule has 132 valence electrons. The molecular formula is C22H28N2O. The summed E-state index contributed by atoms with van der Waals surface area (Å²) in [6.07, 6.45) is 11.3. The van der Waals surface area contributed by atoms with Crippen LogP contribution in [0.5, 0.6) is 5.75 Å². The summed E-state index contributed by atoms with van der Waals surface area (Å²) in [6, 6.07) is 17.9. The lowest BCUT2D eigenvalue weighted by molar-refractivity contribution is 0.304. The van der Waals surface area contributed by atoms with Gasteiger partial charge in [0.05, 0.1) is 17.6 Å². The second-order valence-corrected chi connectivity index (χ2v) is 5.97. The molecule has 0 N–H and O–H groups in total. The molecule has 3 rings (SSSR count). The van der Waals surface area contributed by atoms with Gasteiger partial charge in [-0.25, -0.2) is 0 Å². The van der Waals surface area contributed by atoms with Gasteiger partial charge in [-0.3, -0.25) is 9.97 Å². The van der Waals surface area contributed by atoms with Gasteiger partial charge in [-0.05, 0) is 30.7 Å². The Morgan fingerprint density at radius 3 is 1.88 bits per heavy atom. The molecule has 0 bridgehead atoms. The predicted molar refractivity (Wildman–Crippen MR) is 105 cm³/mol. The monoisotopic (exact) mass is 336 g/mol. The fraction of sp³-hybridized carbons (Fsp3) is 0.364. The van der Waals surface area contributed by atoms with Crippen LogP contribution in [0.15, 0.2) is 67.0 Å². The zero-order chi connectivity index (χ0) is 17.6. The van der Waals surface area contributed by atoms with Crippen LogP contribution in [0.25, 0.3) is 11.0 Å². The fourth-order valence-electron chi connectivity index (χ4n) is 2.50. The Hall–Kier alpha value is -2.42. The first-order valence-electron chi connectivity index (χ1n) is 9.23. The number of aromatic nitrogens is 2. The molecule has 0 radical (unpaired) electrons. The van der Waals surface area contributed by atoms with E-state index < -0.39 is 0 Å². The summed E-state index contributed by atoms with van der Waals surface area (Å²) in [5, 5.41) is 0. The van der Waals surface area contributed by atoms with E-state index in [1.54, 1.807) is 12.4 Å². The minimum atomic E-state index is 0.857. The molecule has 3 nitrogen and oxygen atoms in total. The van der Waals surface area contributed by atoms with Crippen LogP contribution in [0.1, 0.15) is 45.4 Å². The molecule has 0 unspecified atom stereocenters. The number of rotatable bonds is 8. The van der Waals surface area contributed by atoms with Crippen molar-refractivity contribution in [1.29, 1.82) is 0 Å². The number of fused-ring (bicyclic) bond motifs is 1. The number of ether oxygens (including phenoxy) is 1. The van der Waals surface area contributed by atoms with E-state index in [4.69, 9.17) is 4.74 Å². The average Bonchev–Trinajstić information content (AvgIpc) is 2.69. The van der Waals surface area contributed by atoms with Crippen LogP contribution in [0, 0.1) is 0 Å². The van der Waals surface area contributed by atoms with Gasteiger partial charge in [0.1, 0.15) is 5.75 Å². The maximum Gasteiger partial charge on any atom is 0.119 e. The lowest BCUT2D eigenvalue weighted by atomic mass is 10.1. The summed E-state index contributed by atoms with van der Waals surface area (Å²) in [6.45, 7) is 3.11. The van der Waals surface area contributed by atoms with Crippen molar-refractivity contribution in [2.75, 3.05) is 6.61 Å². The van der Waals surface area contributed by atoms with E-state index >= 15 is 0 Å². The summed E-state index contributed by atoms with van der Waals surface area (Å²) >= 11 is 0. The molecule has 3 aromatic rings. The first-order valence-corrected chi connectivity index (χ1v) is 9.23. The minimum absolute atomic E-state index is 0.857. The van der Waals surface area contributed by atoms with Crippen molar-refractivity contribution in [1.82, 2.24) is 9.97 Å². The topological polar surface area (TPSA) is 35.0 Å². The van der Waals surface area contributed by atoms with E-state index in [0.29, 0.717) is 0 Å². The smallest absolute Gasteiger partial charge is 0.119 e. The molecule has 3 heteroatoms. The van der Waals surface area contributed by atoms with E-state index in [1.807, 2.05) is 54.6 Å². The molecule has 2 aromatic carbocycles. The van der Waals surface area contributed by atoms with Crippen molar-refractivity contribution in [2.24, 2.45) is 0 Å². The summed E-state index contributed by atoms with van der Waals surface area (Å²) in [5.74, 6) is 0.992. The molecule has 0 fully saturated rings. The molecule has 0 saturated heterocycles. The van der Waals surface area contributed by atoms with Crippen molar-refractivity contribution >= 4 is 11.0 Å². The highest BCUT2D eigenvalue weighted by Crippen LogP contribution is 2.10. The van der Waals surface area contributed by atoms with Gasteiger partial charge in [-0.15, -0.1) is 0 Å². The van der Waals surface area contributed by atoms with Crippen LogP contribution >= 0.6 is 0 Å². The Labute approximate surface area is 151 Å². The van der Waals surface area contributed by atoms with Crippen LogP contribution in [-0.2, 0) is 0 Å². The summed E-state index contributed by atoms with van der Waals surface area (Å²) in [5.41, 5.74) is 1.90. The van der Waals surface area contributed by atoms with Gasteiger partial charge < -0.3 is 4.74 Å². The molecule has 0 amide bonds. The summed E-state index contributed by atoms with van der Waals surface area (Å²) < 4.78 is 5.61. The second-order valence-electron chi connectivity index (χ2n) is 5.97. The standard InChI is InChI=1S/C14H22O.C8H6N2/c1-2-3-4-5-6-10-13-15-14-11-8-7-9-12-14;1-2-4-8-7(3-1)9-5-6-10-8/h7-9,11-12H,2-6,10,13H2,1H3;1-6H. The van der Waals surface area contributed by atoms with Gasteiger partial charge in [0, 0.05) is 12.4 Å². The molecule has 0 aliphatic rings. The number of nitrogens with zero attached hydrogens (tertiary/aromatic N) is 2. The molecule has 0 spiro atoms. The average molecular weight is 336 g/mol. The molecule has 0 aliphatic carbocycles. The highest BCUT2D eigenvalue weighted by molar-refractivity contribution is 5.72. The third-order valence-electron chi connectivity index (χ3n) is 3.89. The van der Waals surface area contributed by atoms with Crippen LogP contribution in [0.2, 0.25) is 0 Å². The highest BCUT2D eigenvalue weighted by Gasteiger charge is 1.92. The Morgan fingerprint density at radius 1 is 0.680 bits per heavy atom. The molecular weight excluding hydrogens is 308 g/mol. The third kappa shape index (κ3) is 7.79. The first kappa shape index (κ1) is 18.9. The predicted octanol–water partition coefficient (Wildman–Crippen LogP) is 6.06. The lowest BCUT2D eigenvalue weighted by Gasteiger charge is -2.05. The molecule has 1 aromatic heterocycles. The van der Waals surface area contributed by atoms with Crippen LogP contribution in [0.3, 0.4) is 0 Å². The first-order chi connectivity index (χ1) is 12.4. The van der Waals surface area contributed by atoms with E-state index in [0.717, 1.165) is 23.4 Å².